The van der Waals surface area contributed by atoms with E-state index in [-0.39, 0.29) is 5.91 Å². The molecule has 1 N–H and O–H groups in total. The summed E-state index contributed by atoms with van der Waals surface area (Å²) < 4.78 is 1.75. The number of pyridine rings is 2. The van der Waals surface area contributed by atoms with Gasteiger partial charge >= 0.3 is 0 Å². The lowest BCUT2D eigenvalue weighted by molar-refractivity contribution is 0.0953. The van der Waals surface area contributed by atoms with Crippen molar-refractivity contribution < 1.29 is 4.79 Å². The molecule has 1 saturated heterocycles. The van der Waals surface area contributed by atoms with E-state index in [0.717, 1.165) is 52.0 Å². The summed E-state index contributed by atoms with van der Waals surface area (Å²) in [5, 5.41) is 7.47. The van der Waals surface area contributed by atoms with Crippen LogP contribution in [0.3, 0.4) is 0 Å². The number of carbonyl (C=O) groups is 1. The van der Waals surface area contributed by atoms with Gasteiger partial charge in [0.1, 0.15) is 0 Å². The number of hydrogen-bond acceptors (Lipinski definition) is 4. The molecule has 0 saturated carbocycles. The van der Waals surface area contributed by atoms with Crippen molar-refractivity contribution in [2.24, 2.45) is 0 Å². The lowest BCUT2D eigenvalue weighted by Gasteiger charge is -2.14. The molecule has 4 aromatic rings. The Balaban J connectivity index is 1.39. The minimum absolute atomic E-state index is 0.0828. The largest absolute Gasteiger partial charge is 0.352 e. The Labute approximate surface area is 206 Å². The first-order chi connectivity index (χ1) is 17.1. The number of nitrogens with one attached hydrogen (secondary N) is 1. The summed E-state index contributed by atoms with van der Waals surface area (Å²) in [6.45, 7) is 10.0. The predicted molar refractivity (Wildman–Crippen MR) is 141 cm³/mol. The fourth-order valence-electron chi connectivity index (χ4n) is 4.85. The highest BCUT2D eigenvalue weighted by Crippen LogP contribution is 2.32. The number of rotatable bonds is 8. The molecule has 1 amide bonds. The van der Waals surface area contributed by atoms with Gasteiger partial charge in [-0.1, -0.05) is 30.9 Å². The highest BCUT2D eigenvalue weighted by atomic mass is 16.1. The smallest absolute Gasteiger partial charge is 0.255 e. The topological polar surface area (TPSA) is 62.5 Å². The van der Waals surface area contributed by atoms with Crippen molar-refractivity contribution >= 4 is 17.5 Å². The second-order valence-corrected chi connectivity index (χ2v) is 9.14. The maximum atomic E-state index is 13.0. The van der Waals surface area contributed by atoms with Crippen LogP contribution in [0.5, 0.6) is 0 Å². The first-order valence-electron chi connectivity index (χ1n) is 12.3. The van der Waals surface area contributed by atoms with E-state index < -0.39 is 0 Å². The lowest BCUT2D eigenvalue weighted by atomic mass is 9.97. The molecule has 6 nitrogen and oxygen atoms in total. The van der Waals surface area contributed by atoms with Gasteiger partial charge in [-0.15, -0.1) is 0 Å². The van der Waals surface area contributed by atoms with Crippen LogP contribution in [0, 0.1) is 6.92 Å². The molecule has 178 valence electrons. The molecule has 1 fully saturated rings. The number of likely N-dealkylation sites (tertiary alicyclic amines) is 1. The van der Waals surface area contributed by atoms with Gasteiger partial charge in [0.25, 0.3) is 5.91 Å². The van der Waals surface area contributed by atoms with Crippen LogP contribution in [0.4, 0.5) is 0 Å². The first-order valence-corrected chi connectivity index (χ1v) is 12.3. The summed E-state index contributed by atoms with van der Waals surface area (Å²) in [6.07, 6.45) is 10.8. The van der Waals surface area contributed by atoms with Crippen LogP contribution in [-0.4, -0.2) is 51.6 Å². The summed E-state index contributed by atoms with van der Waals surface area (Å²) in [4.78, 5) is 20.1. The molecule has 1 aliphatic heterocycles. The van der Waals surface area contributed by atoms with Crippen LogP contribution in [0.15, 0.2) is 67.6 Å². The molecule has 0 unspecified atom stereocenters. The molecule has 6 heteroatoms. The number of amides is 1. The van der Waals surface area contributed by atoms with Crippen molar-refractivity contribution in [1.82, 2.24) is 24.8 Å². The number of fused-ring (bicyclic) bond motifs is 1. The van der Waals surface area contributed by atoms with Gasteiger partial charge in [0.2, 0.25) is 0 Å². The standard InChI is InChI=1S/C29H31N5O/c1-3-22-9-10-24(18-21(22)2)28-25(8-6-12-30-28)23-11-17-34-27(19-23)26(20-32-34)29(35)31-13-7-16-33-14-4-5-15-33/h3,6,8-12,17-20H,1,4-5,7,13-16H2,2H3,(H,31,35). The van der Waals surface area contributed by atoms with E-state index in [1.807, 2.05) is 36.7 Å². The summed E-state index contributed by atoms with van der Waals surface area (Å²) >= 11 is 0. The van der Waals surface area contributed by atoms with Crippen LogP contribution >= 0.6 is 0 Å². The van der Waals surface area contributed by atoms with E-state index >= 15 is 0 Å². The van der Waals surface area contributed by atoms with Crippen molar-refractivity contribution in [2.75, 3.05) is 26.2 Å². The molecule has 3 aromatic heterocycles. The predicted octanol–water partition coefficient (Wildman–Crippen LogP) is 5.23. The van der Waals surface area contributed by atoms with Gasteiger partial charge < -0.3 is 10.2 Å². The number of aromatic nitrogens is 3. The van der Waals surface area contributed by atoms with Crippen LogP contribution in [0.25, 0.3) is 34.0 Å². The Bertz CT molecular complexity index is 1370. The maximum Gasteiger partial charge on any atom is 0.255 e. The molecule has 0 aliphatic carbocycles. The summed E-state index contributed by atoms with van der Waals surface area (Å²) in [5.74, 6) is -0.0828. The minimum atomic E-state index is -0.0828. The number of benzene rings is 1. The molecular formula is C29H31N5O. The first kappa shape index (κ1) is 23.0. The third-order valence-corrected chi connectivity index (χ3v) is 6.78. The Morgan fingerprint density at radius 3 is 2.80 bits per heavy atom. The van der Waals surface area contributed by atoms with Gasteiger partial charge in [0, 0.05) is 30.1 Å². The van der Waals surface area contributed by atoms with Crippen molar-refractivity contribution in [1.29, 1.82) is 0 Å². The zero-order chi connectivity index (χ0) is 24.2. The van der Waals surface area contributed by atoms with Crippen LogP contribution in [0.2, 0.25) is 0 Å². The average Bonchev–Trinajstić information content (AvgIpc) is 3.56. The second-order valence-electron chi connectivity index (χ2n) is 9.14. The SMILES string of the molecule is C=Cc1ccc(-c2ncccc2-c2ccn3ncc(C(=O)NCCCN4CCCC4)c3c2)cc1C. The average molecular weight is 466 g/mol. The van der Waals surface area contributed by atoms with E-state index in [4.69, 9.17) is 4.98 Å². The second kappa shape index (κ2) is 10.2. The Hall–Kier alpha value is -3.77. The van der Waals surface area contributed by atoms with Crippen molar-refractivity contribution in [3.8, 4) is 22.4 Å². The molecule has 0 atom stereocenters. The lowest BCUT2D eigenvalue weighted by Crippen LogP contribution is -2.28. The highest BCUT2D eigenvalue weighted by molar-refractivity contribution is 6.01. The number of nitrogens with zero attached hydrogens (tertiary/aromatic N) is 4. The molecular weight excluding hydrogens is 434 g/mol. The molecule has 4 heterocycles. The van der Waals surface area contributed by atoms with E-state index in [1.165, 1.54) is 25.9 Å². The van der Waals surface area contributed by atoms with Gasteiger partial charge in [0.15, 0.2) is 0 Å². The molecule has 0 radical (unpaired) electrons. The van der Waals surface area contributed by atoms with E-state index in [9.17, 15) is 4.79 Å². The van der Waals surface area contributed by atoms with Gasteiger partial charge in [-0.05, 0) is 86.8 Å². The Morgan fingerprint density at radius 1 is 1.14 bits per heavy atom. The van der Waals surface area contributed by atoms with E-state index in [2.05, 4.69) is 53.1 Å². The van der Waals surface area contributed by atoms with Gasteiger partial charge in [-0.25, -0.2) is 4.52 Å². The van der Waals surface area contributed by atoms with Gasteiger partial charge in [0.05, 0.1) is 23.0 Å². The fraction of sp³-hybridized carbons (Fsp3) is 0.276. The maximum absolute atomic E-state index is 13.0. The van der Waals surface area contributed by atoms with Crippen LogP contribution in [0.1, 0.15) is 40.7 Å². The minimum Gasteiger partial charge on any atom is -0.352 e. The quantitative estimate of drug-likeness (QED) is 0.362. The van der Waals surface area contributed by atoms with Gasteiger partial charge in [-0.3, -0.25) is 9.78 Å². The molecule has 1 aliphatic rings. The molecule has 0 bridgehead atoms. The zero-order valence-corrected chi connectivity index (χ0v) is 20.2. The molecule has 1 aromatic carbocycles. The fourth-order valence-corrected chi connectivity index (χ4v) is 4.85. The third-order valence-electron chi connectivity index (χ3n) is 6.78. The Morgan fingerprint density at radius 2 is 2.00 bits per heavy atom. The van der Waals surface area contributed by atoms with E-state index in [1.54, 1.807) is 10.7 Å². The zero-order valence-electron chi connectivity index (χ0n) is 20.2. The molecule has 5 rings (SSSR count). The summed E-state index contributed by atoms with van der Waals surface area (Å²) in [7, 11) is 0. The number of carbonyl (C=O) groups excluding carboxylic acids is 1. The van der Waals surface area contributed by atoms with Crippen LogP contribution in [-0.2, 0) is 0 Å². The van der Waals surface area contributed by atoms with E-state index in [0.29, 0.717) is 12.1 Å². The van der Waals surface area contributed by atoms with Crippen molar-refractivity contribution in [2.45, 2.75) is 26.2 Å². The summed E-state index contributed by atoms with van der Waals surface area (Å²) in [5.41, 5.74) is 7.61. The molecule has 0 spiro atoms. The Kier molecular flexibility index (Phi) is 6.73. The monoisotopic (exact) mass is 465 g/mol. The van der Waals surface area contributed by atoms with Gasteiger partial charge in [-0.2, -0.15) is 5.10 Å². The van der Waals surface area contributed by atoms with Crippen LogP contribution < -0.4 is 5.32 Å². The summed E-state index contributed by atoms with van der Waals surface area (Å²) in [6, 6.07) is 14.3. The number of hydrogen-bond donors (Lipinski definition) is 1. The number of aryl methyl sites for hydroxylation is 1. The highest BCUT2D eigenvalue weighted by Gasteiger charge is 2.16. The van der Waals surface area contributed by atoms with Crippen molar-refractivity contribution in [3.63, 3.8) is 0 Å². The third kappa shape index (κ3) is 4.88. The van der Waals surface area contributed by atoms with Crippen molar-refractivity contribution in [3.05, 3.63) is 84.3 Å². The molecule has 35 heavy (non-hydrogen) atoms. The normalized spacial score (nSPS) is 13.9.